The second kappa shape index (κ2) is 7.83. The van der Waals surface area contributed by atoms with Crippen molar-refractivity contribution in [2.75, 3.05) is 5.32 Å². The molecule has 1 fully saturated rings. The first-order valence-corrected chi connectivity index (χ1v) is 8.85. The molecule has 6 heteroatoms. The van der Waals surface area contributed by atoms with Gasteiger partial charge in [-0.25, -0.2) is 9.37 Å². The summed E-state index contributed by atoms with van der Waals surface area (Å²) < 4.78 is 13.2. The van der Waals surface area contributed by atoms with Crippen molar-refractivity contribution in [3.05, 3.63) is 58.5 Å². The second-order valence-corrected chi connectivity index (χ2v) is 6.87. The number of nitrogens with one attached hydrogen (secondary N) is 2. The topological polar surface area (TPSA) is 54.0 Å². The Balaban J connectivity index is 1.50. The molecule has 1 aromatic heterocycles. The molecular formula is C19H21ClFN3O. The van der Waals surface area contributed by atoms with Crippen LogP contribution < -0.4 is 10.6 Å². The molecule has 1 heterocycles. The molecule has 0 radical (unpaired) electrons. The van der Waals surface area contributed by atoms with Crippen molar-refractivity contribution >= 4 is 23.3 Å². The first-order valence-electron chi connectivity index (χ1n) is 8.47. The summed E-state index contributed by atoms with van der Waals surface area (Å²) in [6.07, 6.45) is 3.71. The van der Waals surface area contributed by atoms with Crippen LogP contribution in [0.3, 0.4) is 0 Å². The van der Waals surface area contributed by atoms with E-state index in [1.165, 1.54) is 18.2 Å². The van der Waals surface area contributed by atoms with E-state index in [1.807, 2.05) is 25.1 Å². The van der Waals surface area contributed by atoms with Crippen LogP contribution in [-0.4, -0.2) is 23.0 Å². The summed E-state index contributed by atoms with van der Waals surface area (Å²) >= 11 is 5.74. The van der Waals surface area contributed by atoms with Crippen molar-refractivity contribution in [1.82, 2.24) is 10.3 Å². The number of halogens is 2. The van der Waals surface area contributed by atoms with Crippen LogP contribution in [-0.2, 0) is 0 Å². The molecule has 1 aliphatic rings. The molecule has 0 atom stereocenters. The lowest BCUT2D eigenvalue weighted by Crippen LogP contribution is -2.40. The van der Waals surface area contributed by atoms with Crippen LogP contribution in [0.25, 0.3) is 0 Å². The number of anilines is 1. The maximum atomic E-state index is 13.2. The van der Waals surface area contributed by atoms with Crippen LogP contribution in [0.1, 0.15) is 41.7 Å². The van der Waals surface area contributed by atoms with Gasteiger partial charge in [-0.2, -0.15) is 0 Å². The summed E-state index contributed by atoms with van der Waals surface area (Å²) in [6.45, 7) is 1.97. The third-order valence-electron chi connectivity index (χ3n) is 4.48. The fourth-order valence-corrected chi connectivity index (χ4v) is 3.30. The Morgan fingerprint density at radius 2 is 1.88 bits per heavy atom. The molecule has 0 unspecified atom stereocenters. The predicted molar refractivity (Wildman–Crippen MR) is 97.5 cm³/mol. The van der Waals surface area contributed by atoms with Gasteiger partial charge in [0.25, 0.3) is 5.91 Å². The summed E-state index contributed by atoms with van der Waals surface area (Å²) in [5, 5.41) is 6.43. The van der Waals surface area contributed by atoms with Gasteiger partial charge >= 0.3 is 0 Å². The molecule has 132 valence electrons. The van der Waals surface area contributed by atoms with Crippen molar-refractivity contribution in [2.24, 2.45) is 0 Å². The Labute approximate surface area is 151 Å². The van der Waals surface area contributed by atoms with E-state index in [0.717, 1.165) is 37.2 Å². The zero-order valence-corrected chi connectivity index (χ0v) is 14.8. The van der Waals surface area contributed by atoms with Gasteiger partial charge in [0, 0.05) is 23.3 Å². The minimum atomic E-state index is -0.519. The number of aromatic nitrogens is 1. The van der Waals surface area contributed by atoms with Crippen molar-refractivity contribution in [1.29, 1.82) is 0 Å². The number of hydrogen-bond acceptors (Lipinski definition) is 3. The van der Waals surface area contributed by atoms with Crippen LogP contribution in [0.2, 0.25) is 5.02 Å². The monoisotopic (exact) mass is 361 g/mol. The van der Waals surface area contributed by atoms with Gasteiger partial charge in [-0.3, -0.25) is 4.79 Å². The third-order valence-corrected chi connectivity index (χ3v) is 4.77. The zero-order valence-electron chi connectivity index (χ0n) is 14.1. The van der Waals surface area contributed by atoms with Gasteiger partial charge in [0.2, 0.25) is 0 Å². The smallest absolute Gasteiger partial charge is 0.251 e. The van der Waals surface area contributed by atoms with Crippen molar-refractivity contribution in [2.45, 2.75) is 44.7 Å². The van der Waals surface area contributed by atoms with Crippen LogP contribution in [0, 0.1) is 12.7 Å². The molecule has 0 aliphatic heterocycles. The van der Waals surface area contributed by atoms with Gasteiger partial charge in [0.15, 0.2) is 0 Å². The number of rotatable bonds is 4. The standard InChI is InChI=1S/C19H21ClFN3O/c1-12-3-2-4-18(22-12)23-14-6-8-15(9-7-14)24-19(25)13-5-10-17(21)16(20)11-13/h2-5,10-11,14-15H,6-9H2,1H3,(H,22,23)(H,24,25)/t14-,15+. The molecule has 1 amide bonds. The summed E-state index contributed by atoms with van der Waals surface area (Å²) in [7, 11) is 0. The van der Waals surface area contributed by atoms with E-state index in [0.29, 0.717) is 11.6 Å². The molecule has 2 N–H and O–H groups in total. The normalized spacial score (nSPS) is 20.1. The largest absolute Gasteiger partial charge is 0.367 e. The number of hydrogen-bond donors (Lipinski definition) is 2. The Morgan fingerprint density at radius 3 is 2.56 bits per heavy atom. The minimum absolute atomic E-state index is 0.0359. The molecule has 1 aliphatic carbocycles. The van der Waals surface area contributed by atoms with E-state index in [4.69, 9.17) is 11.6 Å². The van der Waals surface area contributed by atoms with Crippen LogP contribution in [0.15, 0.2) is 36.4 Å². The molecule has 2 aromatic rings. The molecular weight excluding hydrogens is 341 g/mol. The predicted octanol–water partition coefficient (Wildman–Crippen LogP) is 4.34. The number of carbonyl (C=O) groups is 1. The lowest BCUT2D eigenvalue weighted by atomic mass is 9.91. The van der Waals surface area contributed by atoms with E-state index in [-0.39, 0.29) is 17.0 Å². The van der Waals surface area contributed by atoms with Gasteiger partial charge in [0.05, 0.1) is 5.02 Å². The Morgan fingerprint density at radius 1 is 1.16 bits per heavy atom. The highest BCUT2D eigenvalue weighted by Crippen LogP contribution is 2.22. The van der Waals surface area contributed by atoms with Gasteiger partial charge in [-0.05, 0) is 62.9 Å². The lowest BCUT2D eigenvalue weighted by molar-refractivity contribution is 0.0926. The third kappa shape index (κ3) is 4.69. The quantitative estimate of drug-likeness (QED) is 0.851. The minimum Gasteiger partial charge on any atom is -0.367 e. The van der Waals surface area contributed by atoms with Gasteiger partial charge in [0.1, 0.15) is 11.6 Å². The number of benzene rings is 1. The number of pyridine rings is 1. The fraction of sp³-hybridized carbons (Fsp3) is 0.368. The first-order chi connectivity index (χ1) is 12.0. The van der Waals surface area contributed by atoms with E-state index < -0.39 is 5.82 Å². The van der Waals surface area contributed by atoms with E-state index in [1.54, 1.807) is 0 Å². The van der Waals surface area contributed by atoms with Crippen molar-refractivity contribution in [3.63, 3.8) is 0 Å². The SMILES string of the molecule is Cc1cccc(N[C@H]2CC[C@@H](NC(=O)c3ccc(F)c(Cl)c3)CC2)n1. The second-order valence-electron chi connectivity index (χ2n) is 6.46. The molecule has 0 spiro atoms. The lowest BCUT2D eigenvalue weighted by Gasteiger charge is -2.30. The maximum absolute atomic E-state index is 13.2. The van der Waals surface area contributed by atoms with Gasteiger partial charge in [-0.15, -0.1) is 0 Å². The van der Waals surface area contributed by atoms with Crippen LogP contribution >= 0.6 is 11.6 Å². The Bertz CT molecular complexity index is 760. The van der Waals surface area contributed by atoms with Crippen LogP contribution in [0.5, 0.6) is 0 Å². The molecule has 25 heavy (non-hydrogen) atoms. The molecule has 1 saturated carbocycles. The average molecular weight is 362 g/mol. The molecule has 4 nitrogen and oxygen atoms in total. The number of carbonyl (C=O) groups excluding carboxylic acids is 1. The van der Waals surface area contributed by atoms with E-state index in [2.05, 4.69) is 15.6 Å². The molecule has 3 rings (SSSR count). The van der Waals surface area contributed by atoms with Gasteiger partial charge < -0.3 is 10.6 Å². The highest BCUT2D eigenvalue weighted by molar-refractivity contribution is 6.31. The average Bonchev–Trinajstić information content (AvgIpc) is 2.59. The molecule has 0 saturated heterocycles. The molecule has 1 aromatic carbocycles. The molecule has 0 bridgehead atoms. The summed E-state index contributed by atoms with van der Waals surface area (Å²) in [5.41, 5.74) is 1.37. The summed E-state index contributed by atoms with van der Waals surface area (Å²) in [6, 6.07) is 10.5. The first kappa shape index (κ1) is 17.7. The zero-order chi connectivity index (χ0) is 17.8. The highest BCUT2D eigenvalue weighted by atomic mass is 35.5. The Kier molecular flexibility index (Phi) is 5.53. The highest BCUT2D eigenvalue weighted by Gasteiger charge is 2.23. The fourth-order valence-electron chi connectivity index (χ4n) is 3.12. The maximum Gasteiger partial charge on any atom is 0.251 e. The van der Waals surface area contributed by atoms with Crippen molar-refractivity contribution in [3.8, 4) is 0 Å². The van der Waals surface area contributed by atoms with E-state index in [9.17, 15) is 9.18 Å². The number of amides is 1. The number of nitrogens with zero attached hydrogens (tertiary/aromatic N) is 1. The van der Waals surface area contributed by atoms with Gasteiger partial charge in [-0.1, -0.05) is 17.7 Å². The Hall–Kier alpha value is -2.14. The summed E-state index contributed by atoms with van der Waals surface area (Å²) in [5.74, 6) is 0.168. The van der Waals surface area contributed by atoms with Crippen molar-refractivity contribution < 1.29 is 9.18 Å². The number of aryl methyl sites for hydroxylation is 1. The summed E-state index contributed by atoms with van der Waals surface area (Å²) in [4.78, 5) is 16.7. The van der Waals surface area contributed by atoms with Crippen LogP contribution in [0.4, 0.5) is 10.2 Å². The van der Waals surface area contributed by atoms with E-state index >= 15 is 0 Å².